The first-order valence-corrected chi connectivity index (χ1v) is 10.3. The number of benzene rings is 2. The van der Waals surface area contributed by atoms with Crippen molar-refractivity contribution in [2.75, 3.05) is 6.54 Å². The lowest BCUT2D eigenvalue weighted by atomic mass is 10.1. The molecule has 0 unspecified atom stereocenters. The van der Waals surface area contributed by atoms with Crippen LogP contribution in [0.4, 0.5) is 0 Å². The van der Waals surface area contributed by atoms with Crippen LogP contribution in [0.5, 0.6) is 0 Å². The molecule has 4 aromatic rings. The van der Waals surface area contributed by atoms with Crippen molar-refractivity contribution in [3.63, 3.8) is 0 Å². The minimum Gasteiger partial charge on any atom is -0.451 e. The number of rotatable bonds is 5. The predicted octanol–water partition coefficient (Wildman–Crippen LogP) is 5.80. The van der Waals surface area contributed by atoms with Crippen LogP contribution in [0.3, 0.4) is 0 Å². The second-order valence-electron chi connectivity index (χ2n) is 6.71. The highest BCUT2D eigenvalue weighted by Crippen LogP contribution is 2.28. The van der Waals surface area contributed by atoms with Crippen molar-refractivity contribution in [3.8, 4) is 10.6 Å². The van der Waals surface area contributed by atoms with E-state index in [9.17, 15) is 4.79 Å². The number of nitrogens with zero attached hydrogens (tertiary/aromatic N) is 1. The van der Waals surface area contributed by atoms with E-state index >= 15 is 0 Å². The second kappa shape index (κ2) is 7.78. The molecule has 0 atom stereocenters. The largest absolute Gasteiger partial charge is 0.451 e. The molecule has 0 saturated carbocycles. The van der Waals surface area contributed by atoms with Crippen molar-refractivity contribution in [2.24, 2.45) is 0 Å². The Labute approximate surface area is 172 Å². The van der Waals surface area contributed by atoms with Crippen LogP contribution < -0.4 is 5.32 Å². The zero-order valence-electron chi connectivity index (χ0n) is 15.6. The quantitative estimate of drug-likeness (QED) is 0.452. The van der Waals surface area contributed by atoms with Gasteiger partial charge in [0.25, 0.3) is 5.91 Å². The van der Waals surface area contributed by atoms with Crippen molar-refractivity contribution >= 4 is 39.8 Å². The average Bonchev–Trinajstić information content (AvgIpc) is 3.28. The lowest BCUT2D eigenvalue weighted by molar-refractivity contribution is 0.0927. The summed E-state index contributed by atoms with van der Waals surface area (Å²) in [5.41, 5.74) is 4.77. The lowest BCUT2D eigenvalue weighted by Crippen LogP contribution is -2.25. The van der Waals surface area contributed by atoms with E-state index in [1.54, 1.807) is 23.5 Å². The van der Waals surface area contributed by atoms with Crippen LogP contribution >= 0.6 is 22.9 Å². The molecule has 0 saturated heterocycles. The van der Waals surface area contributed by atoms with Crippen molar-refractivity contribution in [1.29, 1.82) is 0 Å². The molecule has 4 nitrogen and oxygen atoms in total. The monoisotopic (exact) mass is 410 g/mol. The number of hydrogen-bond acceptors (Lipinski definition) is 4. The van der Waals surface area contributed by atoms with Crippen LogP contribution in [0, 0.1) is 13.8 Å². The molecule has 0 spiro atoms. The van der Waals surface area contributed by atoms with E-state index in [0.717, 1.165) is 27.2 Å². The fourth-order valence-electron chi connectivity index (χ4n) is 3.04. The molecule has 142 valence electrons. The Morgan fingerprint density at radius 1 is 1.18 bits per heavy atom. The first-order chi connectivity index (χ1) is 13.5. The first-order valence-electron chi connectivity index (χ1n) is 8.99. The fourth-order valence-corrected chi connectivity index (χ4v) is 4.08. The standard InChI is InChI=1S/C22H19ClN2O2S/c1-13-3-5-15(6-4-13)22-25-17(12-28-22)9-10-24-21(26)20-14(2)18-11-16(23)7-8-19(18)27-20/h3-8,11-12H,9-10H2,1-2H3,(H,24,26). The maximum atomic E-state index is 12.5. The molecule has 1 amide bonds. The van der Waals surface area contributed by atoms with Crippen LogP contribution in [0.1, 0.15) is 27.4 Å². The number of nitrogens with one attached hydrogen (secondary N) is 1. The number of aromatic nitrogens is 1. The van der Waals surface area contributed by atoms with Crippen LogP contribution in [0.15, 0.2) is 52.3 Å². The van der Waals surface area contributed by atoms with Gasteiger partial charge in [0.15, 0.2) is 5.76 Å². The SMILES string of the molecule is Cc1ccc(-c2nc(CCNC(=O)c3oc4ccc(Cl)cc4c3C)cs2)cc1. The van der Waals surface area contributed by atoms with Gasteiger partial charge in [-0.15, -0.1) is 11.3 Å². The topological polar surface area (TPSA) is 55.1 Å². The lowest BCUT2D eigenvalue weighted by Gasteiger charge is -2.02. The number of carbonyl (C=O) groups excluding carboxylic acids is 1. The first kappa shape index (κ1) is 18.7. The molecule has 6 heteroatoms. The number of furan rings is 1. The maximum absolute atomic E-state index is 12.5. The molecule has 0 aliphatic rings. The van der Waals surface area contributed by atoms with Gasteiger partial charge in [0.2, 0.25) is 0 Å². The molecule has 2 heterocycles. The van der Waals surface area contributed by atoms with Crippen LogP contribution in [-0.4, -0.2) is 17.4 Å². The number of thiazole rings is 1. The summed E-state index contributed by atoms with van der Waals surface area (Å²) in [6.07, 6.45) is 0.666. The van der Waals surface area contributed by atoms with Crippen molar-refractivity contribution < 1.29 is 9.21 Å². The minimum atomic E-state index is -0.223. The van der Waals surface area contributed by atoms with Gasteiger partial charge < -0.3 is 9.73 Å². The Bertz CT molecular complexity index is 1150. The number of fused-ring (bicyclic) bond motifs is 1. The molecule has 2 aromatic heterocycles. The molecule has 2 aromatic carbocycles. The fraction of sp³-hybridized carbons (Fsp3) is 0.182. The van der Waals surface area contributed by atoms with E-state index in [0.29, 0.717) is 29.3 Å². The van der Waals surface area contributed by atoms with Gasteiger partial charge in [0, 0.05) is 39.9 Å². The summed E-state index contributed by atoms with van der Waals surface area (Å²) >= 11 is 7.65. The molecule has 0 fully saturated rings. The molecule has 0 radical (unpaired) electrons. The van der Waals surface area contributed by atoms with Crippen molar-refractivity contribution in [3.05, 3.63) is 75.4 Å². The van der Waals surface area contributed by atoms with E-state index in [1.807, 2.05) is 18.4 Å². The Hall–Kier alpha value is -2.63. The Balaban J connectivity index is 1.40. The van der Waals surface area contributed by atoms with Crippen molar-refractivity contribution in [1.82, 2.24) is 10.3 Å². The number of amides is 1. The summed E-state index contributed by atoms with van der Waals surface area (Å²) in [7, 11) is 0. The molecular formula is C22H19ClN2O2S. The normalized spacial score (nSPS) is 11.1. The Morgan fingerprint density at radius 2 is 1.96 bits per heavy atom. The van der Waals surface area contributed by atoms with Crippen LogP contribution in [0.2, 0.25) is 5.02 Å². The van der Waals surface area contributed by atoms with Gasteiger partial charge in [-0.3, -0.25) is 4.79 Å². The van der Waals surface area contributed by atoms with Crippen LogP contribution in [0.25, 0.3) is 21.5 Å². The summed E-state index contributed by atoms with van der Waals surface area (Å²) < 4.78 is 5.71. The number of halogens is 1. The smallest absolute Gasteiger partial charge is 0.287 e. The Morgan fingerprint density at radius 3 is 2.75 bits per heavy atom. The van der Waals surface area contributed by atoms with Gasteiger partial charge >= 0.3 is 0 Å². The summed E-state index contributed by atoms with van der Waals surface area (Å²) in [4.78, 5) is 17.2. The Kier molecular flexibility index (Phi) is 5.20. The molecule has 4 rings (SSSR count). The zero-order chi connectivity index (χ0) is 19.7. The van der Waals surface area contributed by atoms with Gasteiger partial charge in [-0.25, -0.2) is 4.98 Å². The molecule has 1 N–H and O–H groups in total. The van der Waals surface area contributed by atoms with Crippen LogP contribution in [-0.2, 0) is 6.42 Å². The summed E-state index contributed by atoms with van der Waals surface area (Å²) in [5, 5.41) is 7.43. The highest BCUT2D eigenvalue weighted by atomic mass is 35.5. The van der Waals surface area contributed by atoms with E-state index in [2.05, 4.69) is 41.5 Å². The third-order valence-electron chi connectivity index (χ3n) is 4.62. The number of carbonyl (C=O) groups is 1. The van der Waals surface area contributed by atoms with Gasteiger partial charge in [-0.1, -0.05) is 41.4 Å². The summed E-state index contributed by atoms with van der Waals surface area (Å²) in [6.45, 7) is 4.43. The van der Waals surface area contributed by atoms with Crippen molar-refractivity contribution in [2.45, 2.75) is 20.3 Å². The van der Waals surface area contributed by atoms with E-state index in [4.69, 9.17) is 16.0 Å². The van der Waals surface area contributed by atoms with Gasteiger partial charge in [-0.2, -0.15) is 0 Å². The molecule has 0 aliphatic heterocycles. The van der Waals surface area contributed by atoms with Gasteiger partial charge in [-0.05, 0) is 32.0 Å². The minimum absolute atomic E-state index is 0.223. The highest BCUT2D eigenvalue weighted by Gasteiger charge is 2.17. The van der Waals surface area contributed by atoms with E-state index in [-0.39, 0.29) is 5.91 Å². The third kappa shape index (κ3) is 3.81. The number of hydrogen-bond donors (Lipinski definition) is 1. The van der Waals surface area contributed by atoms with E-state index in [1.165, 1.54) is 5.56 Å². The molecule has 0 bridgehead atoms. The molecular weight excluding hydrogens is 392 g/mol. The summed E-state index contributed by atoms with van der Waals surface area (Å²) in [5.74, 6) is 0.106. The molecule has 0 aliphatic carbocycles. The average molecular weight is 411 g/mol. The molecule has 28 heavy (non-hydrogen) atoms. The van der Waals surface area contributed by atoms with Gasteiger partial charge in [0.1, 0.15) is 10.6 Å². The third-order valence-corrected chi connectivity index (χ3v) is 5.80. The number of aryl methyl sites for hydroxylation is 2. The maximum Gasteiger partial charge on any atom is 0.287 e. The summed E-state index contributed by atoms with van der Waals surface area (Å²) in [6, 6.07) is 13.7. The predicted molar refractivity (Wildman–Crippen MR) is 114 cm³/mol. The van der Waals surface area contributed by atoms with E-state index < -0.39 is 0 Å². The highest BCUT2D eigenvalue weighted by molar-refractivity contribution is 7.13. The second-order valence-corrected chi connectivity index (χ2v) is 8.01. The zero-order valence-corrected chi connectivity index (χ0v) is 17.2. The van der Waals surface area contributed by atoms with Gasteiger partial charge in [0.05, 0.1) is 5.69 Å².